The molecule has 1 aliphatic rings. The molecular weight excluding hydrogens is 418 g/mol. The molecule has 0 bridgehead atoms. The first-order valence-corrected chi connectivity index (χ1v) is 10.4. The molecule has 25 heavy (non-hydrogen) atoms. The first-order valence-electron chi connectivity index (χ1n) is 7.77. The Hall–Kier alpha value is -1.50. The van der Waals surface area contributed by atoms with Crippen LogP contribution in [0.5, 0.6) is 5.75 Å². The summed E-state index contributed by atoms with van der Waals surface area (Å²) in [5.41, 5.74) is 2.57. The Morgan fingerprint density at radius 3 is 2.80 bits per heavy atom. The number of carbonyl (C=O) groups excluding carboxylic acids is 1. The summed E-state index contributed by atoms with van der Waals surface area (Å²) in [5.74, 6) is 1.58. The van der Waals surface area contributed by atoms with Crippen LogP contribution in [0.3, 0.4) is 0 Å². The van der Waals surface area contributed by atoms with Gasteiger partial charge in [0.05, 0.1) is 6.61 Å². The van der Waals surface area contributed by atoms with Crippen molar-refractivity contribution in [3.63, 3.8) is 0 Å². The first-order chi connectivity index (χ1) is 12.2. The lowest BCUT2D eigenvalue weighted by Gasteiger charge is -2.05. The maximum atomic E-state index is 12.2. The number of carbonyl (C=O) groups is 1. The summed E-state index contributed by atoms with van der Waals surface area (Å²) in [6, 6.07) is 15.9. The molecule has 0 aromatic heterocycles. The zero-order chi connectivity index (χ0) is 17.6. The van der Waals surface area contributed by atoms with Crippen LogP contribution in [-0.4, -0.2) is 16.1 Å². The molecule has 3 nitrogen and oxygen atoms in total. The highest BCUT2D eigenvalue weighted by Crippen LogP contribution is 2.34. The van der Waals surface area contributed by atoms with Gasteiger partial charge in [-0.2, -0.15) is 0 Å². The Morgan fingerprint density at radius 1 is 1.24 bits per heavy atom. The van der Waals surface area contributed by atoms with Crippen LogP contribution < -0.4 is 4.74 Å². The number of benzene rings is 2. The molecule has 0 amide bonds. The first kappa shape index (κ1) is 18.3. The Kier molecular flexibility index (Phi) is 6.39. The summed E-state index contributed by atoms with van der Waals surface area (Å²) in [4.78, 5) is 16.7. The number of hydrogen-bond acceptors (Lipinski definition) is 5. The molecule has 0 saturated carbocycles. The third kappa shape index (κ3) is 5.00. The molecule has 0 atom stereocenters. The van der Waals surface area contributed by atoms with Crippen molar-refractivity contribution in [3.05, 3.63) is 69.8 Å². The van der Waals surface area contributed by atoms with Gasteiger partial charge in [-0.25, -0.2) is 4.99 Å². The average Bonchev–Trinajstić information content (AvgIpc) is 2.97. The Labute approximate surface area is 164 Å². The number of ether oxygens (including phenoxy) is 1. The average molecular weight is 434 g/mol. The Bertz CT molecular complexity index is 835. The Balaban J connectivity index is 1.75. The van der Waals surface area contributed by atoms with E-state index in [4.69, 9.17) is 4.74 Å². The van der Waals surface area contributed by atoms with Crippen molar-refractivity contribution < 1.29 is 9.53 Å². The zero-order valence-electron chi connectivity index (χ0n) is 13.6. The van der Waals surface area contributed by atoms with E-state index in [9.17, 15) is 4.79 Å². The van der Waals surface area contributed by atoms with Crippen LogP contribution in [0.1, 0.15) is 18.1 Å². The standard InChI is InChI=1S/C19H16BrNO2S2/c1-2-23-15-8-9-16(20)14(10-15)11-17-18(22)25-19(21-17)24-12-13-6-4-3-5-7-13/h3-11H,2,12H2,1H3/b17-11-. The fourth-order valence-electron chi connectivity index (χ4n) is 2.21. The van der Waals surface area contributed by atoms with Gasteiger partial charge in [0, 0.05) is 10.2 Å². The van der Waals surface area contributed by atoms with Crippen LogP contribution in [0.2, 0.25) is 0 Å². The van der Waals surface area contributed by atoms with Gasteiger partial charge in [-0.1, -0.05) is 58.0 Å². The number of thioether (sulfide) groups is 2. The van der Waals surface area contributed by atoms with Crippen molar-refractivity contribution in [1.29, 1.82) is 0 Å². The predicted molar refractivity (Wildman–Crippen MR) is 111 cm³/mol. The van der Waals surface area contributed by atoms with Gasteiger partial charge in [0.25, 0.3) is 0 Å². The minimum atomic E-state index is -0.0238. The quantitative estimate of drug-likeness (QED) is 0.562. The lowest BCUT2D eigenvalue weighted by Crippen LogP contribution is -1.93. The molecule has 1 aliphatic heterocycles. The van der Waals surface area contributed by atoms with Crippen LogP contribution in [0, 0.1) is 0 Å². The third-order valence-corrected chi connectivity index (χ3v) is 6.18. The normalized spacial score (nSPS) is 15.5. The molecule has 6 heteroatoms. The van der Waals surface area contributed by atoms with Crippen molar-refractivity contribution >= 4 is 55.0 Å². The van der Waals surface area contributed by atoms with Gasteiger partial charge in [0.15, 0.2) is 0 Å². The maximum Gasteiger partial charge on any atom is 0.244 e. The topological polar surface area (TPSA) is 38.7 Å². The van der Waals surface area contributed by atoms with Gasteiger partial charge in [-0.05, 0) is 54.1 Å². The number of rotatable bonds is 5. The summed E-state index contributed by atoms with van der Waals surface area (Å²) in [6.45, 7) is 2.54. The predicted octanol–water partition coefficient (Wildman–Crippen LogP) is 5.75. The summed E-state index contributed by atoms with van der Waals surface area (Å²) < 4.78 is 7.21. The summed E-state index contributed by atoms with van der Waals surface area (Å²) >= 11 is 6.29. The molecule has 128 valence electrons. The summed E-state index contributed by atoms with van der Waals surface area (Å²) in [5, 5.41) is -0.0238. The fraction of sp³-hybridized carbons (Fsp3) is 0.158. The summed E-state index contributed by atoms with van der Waals surface area (Å²) in [7, 11) is 0. The molecule has 0 aliphatic carbocycles. The van der Waals surface area contributed by atoms with E-state index in [2.05, 4.69) is 33.1 Å². The van der Waals surface area contributed by atoms with Crippen molar-refractivity contribution in [1.82, 2.24) is 0 Å². The van der Waals surface area contributed by atoms with Gasteiger partial charge < -0.3 is 4.74 Å². The van der Waals surface area contributed by atoms with Crippen molar-refractivity contribution in [2.45, 2.75) is 12.7 Å². The van der Waals surface area contributed by atoms with E-state index >= 15 is 0 Å². The van der Waals surface area contributed by atoms with Crippen molar-refractivity contribution in [3.8, 4) is 5.75 Å². The van der Waals surface area contributed by atoms with Gasteiger partial charge in [0.2, 0.25) is 5.12 Å². The zero-order valence-corrected chi connectivity index (χ0v) is 16.8. The largest absolute Gasteiger partial charge is 0.494 e. The molecule has 1 heterocycles. The van der Waals surface area contributed by atoms with Crippen LogP contribution in [-0.2, 0) is 10.5 Å². The molecule has 0 saturated heterocycles. The van der Waals surface area contributed by atoms with E-state index in [0.29, 0.717) is 12.3 Å². The van der Waals surface area contributed by atoms with Gasteiger partial charge in [-0.3, -0.25) is 4.79 Å². The highest BCUT2D eigenvalue weighted by atomic mass is 79.9. The monoisotopic (exact) mass is 433 g/mol. The molecule has 0 N–H and O–H groups in total. The molecule has 2 aromatic rings. The van der Waals surface area contributed by atoms with E-state index in [1.807, 2.05) is 43.3 Å². The van der Waals surface area contributed by atoms with Crippen LogP contribution in [0.15, 0.2) is 63.7 Å². The van der Waals surface area contributed by atoms with Crippen molar-refractivity contribution in [2.75, 3.05) is 6.61 Å². The minimum Gasteiger partial charge on any atom is -0.494 e. The number of hydrogen-bond donors (Lipinski definition) is 0. The fourth-order valence-corrected chi connectivity index (χ4v) is 4.36. The van der Waals surface area contributed by atoms with Gasteiger partial charge in [0.1, 0.15) is 15.8 Å². The van der Waals surface area contributed by atoms with Gasteiger partial charge in [-0.15, -0.1) is 0 Å². The molecule has 0 fully saturated rings. The third-order valence-electron chi connectivity index (χ3n) is 3.38. The van der Waals surface area contributed by atoms with Crippen LogP contribution in [0.4, 0.5) is 0 Å². The van der Waals surface area contributed by atoms with E-state index in [-0.39, 0.29) is 5.12 Å². The highest BCUT2D eigenvalue weighted by molar-refractivity contribution is 9.10. The van der Waals surface area contributed by atoms with Crippen LogP contribution in [0.25, 0.3) is 6.08 Å². The number of nitrogens with zero attached hydrogens (tertiary/aromatic N) is 1. The molecule has 0 radical (unpaired) electrons. The van der Waals surface area contributed by atoms with Crippen LogP contribution >= 0.6 is 39.5 Å². The SMILES string of the molecule is CCOc1ccc(Br)c(/C=C2\N=C(SCc3ccccc3)SC2=O)c1. The van der Waals surface area contributed by atoms with E-state index in [1.54, 1.807) is 17.8 Å². The summed E-state index contributed by atoms with van der Waals surface area (Å²) in [6.07, 6.45) is 1.80. The minimum absolute atomic E-state index is 0.0238. The van der Waals surface area contributed by atoms with E-state index in [1.165, 1.54) is 17.3 Å². The number of halogens is 1. The molecule has 0 unspecified atom stereocenters. The Morgan fingerprint density at radius 2 is 2.04 bits per heavy atom. The molecular formula is C19H16BrNO2S2. The second-order valence-corrected chi connectivity index (χ2v) is 8.23. The number of aliphatic imine (C=N–C) groups is 1. The van der Waals surface area contributed by atoms with E-state index < -0.39 is 0 Å². The lowest BCUT2D eigenvalue weighted by atomic mass is 10.2. The smallest absolute Gasteiger partial charge is 0.244 e. The van der Waals surface area contributed by atoms with Crippen molar-refractivity contribution in [2.24, 2.45) is 4.99 Å². The maximum absolute atomic E-state index is 12.2. The highest BCUT2D eigenvalue weighted by Gasteiger charge is 2.22. The molecule has 3 rings (SSSR count). The second-order valence-electron chi connectivity index (χ2n) is 5.19. The molecule has 2 aromatic carbocycles. The molecule has 0 spiro atoms. The second kappa shape index (κ2) is 8.74. The lowest BCUT2D eigenvalue weighted by molar-refractivity contribution is -0.107. The van der Waals surface area contributed by atoms with E-state index in [0.717, 1.165) is 25.9 Å². The van der Waals surface area contributed by atoms with Gasteiger partial charge >= 0.3 is 0 Å².